The smallest absolute Gasteiger partial charge is 0.0455 e. The van der Waals surface area contributed by atoms with E-state index in [0.29, 0.717) is 0 Å². The lowest BCUT2D eigenvalue weighted by atomic mass is 10.1. The van der Waals surface area contributed by atoms with Crippen LogP contribution >= 0.6 is 0 Å². The minimum absolute atomic E-state index is 0.0599. The molecule has 1 aromatic rings. The Bertz CT molecular complexity index is 379. The Hall–Kier alpha value is -1.67. The summed E-state index contributed by atoms with van der Waals surface area (Å²) in [4.78, 5) is 2.81. The molecule has 0 bridgehead atoms. The molecule has 0 spiro atoms. The molecule has 1 aliphatic carbocycles. The summed E-state index contributed by atoms with van der Waals surface area (Å²) in [6, 6.07) is 5.92. The Morgan fingerprint density at radius 2 is 2.31 bits per heavy atom. The molecule has 2 rings (SSSR count). The molecule has 66 valence electrons. The first-order valence-electron chi connectivity index (χ1n) is 4.21. The van der Waals surface area contributed by atoms with Crippen molar-refractivity contribution in [3.63, 3.8) is 0 Å². The Kier molecular flexibility index (Phi) is 1.83. The Morgan fingerprint density at radius 3 is 3.00 bits per heavy atom. The summed E-state index contributed by atoms with van der Waals surface area (Å²) in [6.45, 7) is 0. The molecule has 0 amide bonds. The number of nitrogen functional groups attached to an aromatic ring is 1. The zero-order valence-electron chi connectivity index (χ0n) is 7.14. The van der Waals surface area contributed by atoms with Crippen molar-refractivity contribution in [3.05, 3.63) is 39.8 Å². The molecule has 1 aromatic carbocycles. The molecule has 13 heavy (non-hydrogen) atoms. The van der Waals surface area contributed by atoms with Gasteiger partial charge in [-0.25, -0.2) is 0 Å². The summed E-state index contributed by atoms with van der Waals surface area (Å²) < 4.78 is 0. The first-order chi connectivity index (χ1) is 6.31. The monoisotopic (exact) mass is 174 g/mol. The van der Waals surface area contributed by atoms with E-state index in [1.807, 2.05) is 18.2 Å². The maximum Gasteiger partial charge on any atom is 0.0455 e. The van der Waals surface area contributed by atoms with E-state index in [1.165, 1.54) is 5.56 Å². The highest BCUT2D eigenvalue weighted by atomic mass is 15.1. The van der Waals surface area contributed by atoms with Crippen molar-refractivity contribution >= 4 is 5.69 Å². The second-order valence-electron chi connectivity index (χ2n) is 3.25. The van der Waals surface area contributed by atoms with Crippen LogP contribution in [-0.4, -0.2) is 6.04 Å². The maximum absolute atomic E-state index is 8.30. The van der Waals surface area contributed by atoms with Crippen molar-refractivity contribution < 1.29 is 0 Å². The topological polar surface area (TPSA) is 74.8 Å². The highest BCUT2D eigenvalue weighted by Crippen LogP contribution is 2.28. The molecular formula is C9H10N4. The van der Waals surface area contributed by atoms with Crippen molar-refractivity contribution in [1.29, 1.82) is 0 Å². The van der Waals surface area contributed by atoms with Crippen molar-refractivity contribution in [1.82, 2.24) is 0 Å². The number of benzene rings is 1. The summed E-state index contributed by atoms with van der Waals surface area (Å²) in [5, 5.41) is 3.70. The molecule has 0 fully saturated rings. The van der Waals surface area contributed by atoms with Crippen LogP contribution in [0, 0.1) is 0 Å². The molecule has 0 aromatic heterocycles. The van der Waals surface area contributed by atoms with Gasteiger partial charge >= 0.3 is 0 Å². The van der Waals surface area contributed by atoms with E-state index in [9.17, 15) is 0 Å². The predicted octanol–water partition coefficient (Wildman–Crippen LogP) is 2.05. The van der Waals surface area contributed by atoms with Crippen LogP contribution in [0.5, 0.6) is 0 Å². The summed E-state index contributed by atoms with van der Waals surface area (Å²) in [6.07, 6.45) is 1.61. The van der Waals surface area contributed by atoms with Crippen molar-refractivity contribution in [3.8, 4) is 0 Å². The van der Waals surface area contributed by atoms with Crippen molar-refractivity contribution in [2.45, 2.75) is 18.9 Å². The lowest BCUT2D eigenvalue weighted by Gasteiger charge is -2.00. The first kappa shape index (κ1) is 7.95. The van der Waals surface area contributed by atoms with Gasteiger partial charge < -0.3 is 5.73 Å². The van der Waals surface area contributed by atoms with Crippen LogP contribution in [0.15, 0.2) is 23.3 Å². The van der Waals surface area contributed by atoms with Gasteiger partial charge in [-0.15, -0.1) is 0 Å². The van der Waals surface area contributed by atoms with Crippen molar-refractivity contribution in [2.24, 2.45) is 5.11 Å². The number of nitrogens with two attached hydrogens (primary N) is 1. The molecule has 4 heteroatoms. The number of hydrogen-bond acceptors (Lipinski definition) is 2. The fourth-order valence-corrected chi connectivity index (χ4v) is 1.81. The number of hydrogen-bond donors (Lipinski definition) is 1. The van der Waals surface area contributed by atoms with Gasteiger partial charge in [0.15, 0.2) is 0 Å². The quantitative estimate of drug-likeness (QED) is 0.301. The van der Waals surface area contributed by atoms with E-state index in [2.05, 4.69) is 10.0 Å². The van der Waals surface area contributed by atoms with Crippen LogP contribution in [0.1, 0.15) is 11.1 Å². The van der Waals surface area contributed by atoms with Crippen molar-refractivity contribution in [2.75, 3.05) is 5.73 Å². The first-order valence-corrected chi connectivity index (χ1v) is 4.21. The second kappa shape index (κ2) is 2.99. The van der Waals surface area contributed by atoms with Gasteiger partial charge in [0, 0.05) is 16.6 Å². The van der Waals surface area contributed by atoms with Crippen LogP contribution in [0.3, 0.4) is 0 Å². The molecule has 2 N–H and O–H groups in total. The highest BCUT2D eigenvalue weighted by Gasteiger charge is 2.21. The molecule has 0 aliphatic heterocycles. The molecular weight excluding hydrogens is 164 g/mol. The van der Waals surface area contributed by atoms with Gasteiger partial charge in [-0.3, -0.25) is 0 Å². The van der Waals surface area contributed by atoms with Gasteiger partial charge in [0.2, 0.25) is 0 Å². The zero-order chi connectivity index (χ0) is 9.26. The SMILES string of the molecule is [N-]=[N+]=NC1Cc2cccc(N)c2C1. The third kappa shape index (κ3) is 1.32. The van der Waals surface area contributed by atoms with Gasteiger partial charge in [0.1, 0.15) is 0 Å². The molecule has 0 radical (unpaired) electrons. The zero-order valence-corrected chi connectivity index (χ0v) is 7.14. The third-order valence-corrected chi connectivity index (χ3v) is 2.42. The lowest BCUT2D eigenvalue weighted by molar-refractivity contribution is 0.715. The second-order valence-corrected chi connectivity index (χ2v) is 3.25. The van der Waals surface area contributed by atoms with Crippen LogP contribution in [-0.2, 0) is 12.8 Å². The average Bonchev–Trinajstić information content (AvgIpc) is 2.49. The van der Waals surface area contributed by atoms with Gasteiger partial charge in [0.05, 0.1) is 0 Å². The minimum atomic E-state index is 0.0599. The Balaban J connectivity index is 2.35. The fourth-order valence-electron chi connectivity index (χ4n) is 1.81. The van der Waals surface area contributed by atoms with Gasteiger partial charge in [0.25, 0.3) is 0 Å². The van der Waals surface area contributed by atoms with Crippen LogP contribution < -0.4 is 5.73 Å². The summed E-state index contributed by atoms with van der Waals surface area (Å²) in [5.41, 5.74) is 17.3. The molecule has 1 aliphatic rings. The Morgan fingerprint density at radius 1 is 1.46 bits per heavy atom. The molecule has 1 atom stereocenters. The number of rotatable bonds is 1. The van der Waals surface area contributed by atoms with E-state index in [0.717, 1.165) is 24.1 Å². The van der Waals surface area contributed by atoms with Crippen LogP contribution in [0.2, 0.25) is 0 Å². The molecule has 0 saturated carbocycles. The number of anilines is 1. The van der Waals surface area contributed by atoms with Crippen LogP contribution in [0.25, 0.3) is 10.4 Å². The number of fused-ring (bicyclic) bond motifs is 1. The van der Waals surface area contributed by atoms with E-state index in [-0.39, 0.29) is 6.04 Å². The highest BCUT2D eigenvalue weighted by molar-refractivity contribution is 5.53. The summed E-state index contributed by atoms with van der Waals surface area (Å²) in [5.74, 6) is 0. The minimum Gasteiger partial charge on any atom is -0.398 e. The standard InChI is InChI=1S/C9H10N4/c10-9-3-1-2-6-4-7(12-13-11)5-8(6)9/h1-3,7H,4-5,10H2. The number of nitrogens with zero attached hydrogens (tertiary/aromatic N) is 3. The average molecular weight is 174 g/mol. The molecule has 1 unspecified atom stereocenters. The predicted molar refractivity (Wildman–Crippen MR) is 51.2 cm³/mol. The summed E-state index contributed by atoms with van der Waals surface area (Å²) >= 11 is 0. The van der Waals surface area contributed by atoms with E-state index >= 15 is 0 Å². The summed E-state index contributed by atoms with van der Waals surface area (Å²) in [7, 11) is 0. The van der Waals surface area contributed by atoms with Gasteiger partial charge in [-0.05, 0) is 35.6 Å². The van der Waals surface area contributed by atoms with E-state index in [1.54, 1.807) is 0 Å². The largest absolute Gasteiger partial charge is 0.398 e. The number of azide groups is 1. The molecule has 0 heterocycles. The van der Waals surface area contributed by atoms with Gasteiger partial charge in [-0.1, -0.05) is 17.2 Å². The van der Waals surface area contributed by atoms with Crippen LogP contribution in [0.4, 0.5) is 5.69 Å². The third-order valence-electron chi connectivity index (χ3n) is 2.42. The van der Waals surface area contributed by atoms with Gasteiger partial charge in [-0.2, -0.15) is 0 Å². The molecule has 4 nitrogen and oxygen atoms in total. The maximum atomic E-state index is 8.30. The normalized spacial score (nSPS) is 19.2. The fraction of sp³-hybridized carbons (Fsp3) is 0.333. The molecule has 0 saturated heterocycles. The van der Waals surface area contributed by atoms with E-state index < -0.39 is 0 Å². The van der Waals surface area contributed by atoms with E-state index in [4.69, 9.17) is 11.3 Å². The Labute approximate surface area is 76.0 Å². The lowest BCUT2D eigenvalue weighted by Crippen LogP contribution is -2.01.